The third-order valence-corrected chi connectivity index (χ3v) is 1.84. The van der Waals surface area contributed by atoms with Crippen molar-refractivity contribution in [3.8, 4) is 5.69 Å². The summed E-state index contributed by atoms with van der Waals surface area (Å²) in [6, 6.07) is 3.38. The van der Waals surface area contributed by atoms with Gasteiger partial charge in [-0.1, -0.05) is 0 Å². The summed E-state index contributed by atoms with van der Waals surface area (Å²) < 4.78 is 14.7. The van der Waals surface area contributed by atoms with Crippen molar-refractivity contribution in [3.63, 3.8) is 0 Å². The number of non-ortho nitro benzene ring substituents is 1. The van der Waals surface area contributed by atoms with Crippen LogP contribution in [0.25, 0.3) is 5.69 Å². The number of nitro benzene ring substituents is 1. The number of benzene rings is 1. The number of hydrogen-bond acceptors (Lipinski definition) is 4. The maximum Gasteiger partial charge on any atom is 0.272 e. The van der Waals surface area contributed by atoms with Crippen LogP contribution in [0.3, 0.4) is 0 Å². The maximum absolute atomic E-state index is 13.4. The van der Waals surface area contributed by atoms with E-state index in [1.807, 2.05) is 0 Å². The fourth-order valence-corrected chi connectivity index (χ4v) is 1.14. The number of nitro groups is 1. The molecule has 1 heterocycles. The smallest absolute Gasteiger partial charge is 0.272 e. The lowest BCUT2D eigenvalue weighted by Crippen LogP contribution is -1.96. The Labute approximate surface area is 83.1 Å². The molecule has 7 heteroatoms. The number of hydrogen-bond donors (Lipinski definition) is 0. The van der Waals surface area contributed by atoms with Gasteiger partial charge < -0.3 is 0 Å². The lowest BCUT2D eigenvalue weighted by molar-refractivity contribution is -0.385. The molecule has 0 bridgehead atoms. The van der Waals surface area contributed by atoms with Gasteiger partial charge in [-0.2, -0.15) is 0 Å². The second kappa shape index (κ2) is 3.45. The van der Waals surface area contributed by atoms with E-state index >= 15 is 0 Å². The van der Waals surface area contributed by atoms with Crippen molar-refractivity contribution in [1.82, 2.24) is 14.8 Å². The van der Waals surface area contributed by atoms with Crippen molar-refractivity contribution in [1.29, 1.82) is 0 Å². The van der Waals surface area contributed by atoms with Gasteiger partial charge in [-0.15, -0.1) is 10.2 Å². The Balaban J connectivity index is 2.48. The van der Waals surface area contributed by atoms with Crippen LogP contribution >= 0.6 is 0 Å². The number of halogens is 1. The van der Waals surface area contributed by atoms with Crippen LogP contribution in [0.4, 0.5) is 10.1 Å². The quantitative estimate of drug-likeness (QED) is 0.551. The van der Waals surface area contributed by atoms with Gasteiger partial charge >= 0.3 is 0 Å². The van der Waals surface area contributed by atoms with Gasteiger partial charge in [0, 0.05) is 6.07 Å². The molecule has 0 atom stereocenters. The van der Waals surface area contributed by atoms with Crippen molar-refractivity contribution in [3.05, 3.63) is 46.8 Å². The lowest BCUT2D eigenvalue weighted by atomic mass is 10.2. The number of rotatable bonds is 2. The van der Waals surface area contributed by atoms with Gasteiger partial charge in [-0.3, -0.25) is 14.7 Å². The largest absolute Gasteiger partial charge is 0.285 e. The molecule has 76 valence electrons. The second-order valence-electron chi connectivity index (χ2n) is 2.76. The van der Waals surface area contributed by atoms with Crippen LogP contribution in [-0.2, 0) is 0 Å². The van der Waals surface area contributed by atoms with Crippen LogP contribution in [0.5, 0.6) is 0 Å². The van der Waals surface area contributed by atoms with Crippen molar-refractivity contribution in [2.45, 2.75) is 0 Å². The third-order valence-electron chi connectivity index (χ3n) is 1.84. The predicted molar refractivity (Wildman–Crippen MR) is 48.0 cm³/mol. The summed E-state index contributed by atoms with van der Waals surface area (Å²) in [6.45, 7) is 0. The first-order valence-corrected chi connectivity index (χ1v) is 3.97. The Kier molecular flexibility index (Phi) is 2.13. The molecule has 0 fully saturated rings. The van der Waals surface area contributed by atoms with E-state index in [1.54, 1.807) is 0 Å². The predicted octanol–water partition coefficient (Wildman–Crippen LogP) is 1.31. The SMILES string of the molecule is O=[N+]([O-])c1ccc(-n2cnnc2)c(F)c1. The lowest BCUT2D eigenvalue weighted by Gasteiger charge is -2.01. The van der Waals surface area contributed by atoms with Gasteiger partial charge in [0.05, 0.1) is 16.7 Å². The summed E-state index contributed by atoms with van der Waals surface area (Å²) in [4.78, 5) is 9.70. The summed E-state index contributed by atoms with van der Waals surface area (Å²) in [6.07, 6.45) is 2.62. The molecule has 0 N–H and O–H groups in total. The normalized spacial score (nSPS) is 10.2. The average Bonchev–Trinajstić information content (AvgIpc) is 2.70. The molecule has 6 nitrogen and oxygen atoms in total. The first-order chi connectivity index (χ1) is 7.18. The van der Waals surface area contributed by atoms with E-state index in [0.29, 0.717) is 0 Å². The molecule has 1 aromatic heterocycles. The molecule has 0 amide bonds. The van der Waals surface area contributed by atoms with Crippen LogP contribution < -0.4 is 0 Å². The molecular formula is C8H5FN4O2. The van der Waals surface area contributed by atoms with Crippen molar-refractivity contribution in [2.75, 3.05) is 0 Å². The van der Waals surface area contributed by atoms with E-state index < -0.39 is 10.7 Å². The van der Waals surface area contributed by atoms with Crippen LogP contribution in [-0.4, -0.2) is 19.7 Å². The molecule has 0 unspecified atom stereocenters. The average molecular weight is 208 g/mol. The maximum atomic E-state index is 13.4. The summed E-state index contributed by atoms with van der Waals surface area (Å²) in [7, 11) is 0. The van der Waals surface area contributed by atoms with Gasteiger partial charge in [0.1, 0.15) is 12.7 Å². The van der Waals surface area contributed by atoms with Crippen molar-refractivity contribution >= 4 is 5.69 Å². The van der Waals surface area contributed by atoms with E-state index in [9.17, 15) is 14.5 Å². The molecule has 2 rings (SSSR count). The van der Waals surface area contributed by atoms with Gasteiger partial charge in [-0.25, -0.2) is 4.39 Å². The highest BCUT2D eigenvalue weighted by atomic mass is 19.1. The highest BCUT2D eigenvalue weighted by Gasteiger charge is 2.11. The first kappa shape index (κ1) is 9.25. The Bertz CT molecular complexity index is 497. The standard InChI is InChI=1S/C8H5FN4O2/c9-7-3-6(13(14)15)1-2-8(7)12-4-10-11-5-12/h1-5H. The van der Waals surface area contributed by atoms with Crippen LogP contribution in [0.1, 0.15) is 0 Å². The molecule has 0 aliphatic carbocycles. The Hall–Kier alpha value is -2.31. The van der Waals surface area contributed by atoms with Crippen molar-refractivity contribution in [2.24, 2.45) is 0 Å². The number of nitrogens with zero attached hydrogens (tertiary/aromatic N) is 4. The fourth-order valence-electron chi connectivity index (χ4n) is 1.14. The van der Waals surface area contributed by atoms with E-state index in [0.717, 1.165) is 6.07 Å². The fraction of sp³-hybridized carbons (Fsp3) is 0. The number of aromatic nitrogens is 3. The highest BCUT2D eigenvalue weighted by Crippen LogP contribution is 2.18. The molecule has 0 saturated heterocycles. The Morgan fingerprint density at radius 1 is 1.33 bits per heavy atom. The minimum atomic E-state index is -0.691. The zero-order valence-corrected chi connectivity index (χ0v) is 7.37. The van der Waals surface area contributed by atoms with Crippen LogP contribution in [0.15, 0.2) is 30.9 Å². The minimum absolute atomic E-state index is 0.172. The summed E-state index contributed by atoms with van der Waals surface area (Å²) >= 11 is 0. The molecule has 2 aromatic rings. The van der Waals surface area contributed by atoms with Crippen LogP contribution in [0, 0.1) is 15.9 Å². The monoisotopic (exact) mass is 208 g/mol. The summed E-state index contributed by atoms with van der Waals surface area (Å²) in [5, 5.41) is 17.4. The Morgan fingerprint density at radius 2 is 2.00 bits per heavy atom. The van der Waals surface area contributed by atoms with Crippen molar-refractivity contribution < 1.29 is 9.31 Å². The topological polar surface area (TPSA) is 73.8 Å². The first-order valence-electron chi connectivity index (χ1n) is 3.97. The Morgan fingerprint density at radius 3 is 2.53 bits per heavy atom. The van der Waals surface area contributed by atoms with Crippen LogP contribution in [0.2, 0.25) is 0 Å². The minimum Gasteiger partial charge on any atom is -0.285 e. The van der Waals surface area contributed by atoms with E-state index in [1.165, 1.54) is 29.4 Å². The van der Waals surface area contributed by atoms with Gasteiger partial charge in [0.15, 0.2) is 5.82 Å². The van der Waals surface area contributed by atoms with E-state index in [4.69, 9.17) is 0 Å². The zero-order chi connectivity index (χ0) is 10.8. The summed E-state index contributed by atoms with van der Waals surface area (Å²) in [5.74, 6) is -0.691. The summed E-state index contributed by atoms with van der Waals surface area (Å²) in [5.41, 5.74) is -0.116. The molecule has 0 saturated carbocycles. The zero-order valence-electron chi connectivity index (χ0n) is 7.37. The second-order valence-corrected chi connectivity index (χ2v) is 2.76. The van der Waals surface area contributed by atoms with Gasteiger partial charge in [0.25, 0.3) is 5.69 Å². The molecule has 0 aliphatic rings. The molecule has 15 heavy (non-hydrogen) atoms. The third kappa shape index (κ3) is 1.66. The molecule has 0 radical (unpaired) electrons. The molecule has 0 aliphatic heterocycles. The van der Waals surface area contributed by atoms with Gasteiger partial charge in [-0.05, 0) is 6.07 Å². The van der Waals surface area contributed by atoms with Gasteiger partial charge in [0.2, 0.25) is 0 Å². The van der Waals surface area contributed by atoms with E-state index in [-0.39, 0.29) is 11.4 Å². The molecular weight excluding hydrogens is 203 g/mol. The molecule has 0 spiro atoms. The van der Waals surface area contributed by atoms with E-state index in [2.05, 4.69) is 10.2 Å². The molecule has 1 aromatic carbocycles. The highest BCUT2D eigenvalue weighted by molar-refractivity contribution is 5.41.